The summed E-state index contributed by atoms with van der Waals surface area (Å²) in [5.74, 6) is -0.897. The van der Waals surface area contributed by atoms with E-state index in [9.17, 15) is 9.59 Å². The molecular formula is C9H12N2O3S. The van der Waals surface area contributed by atoms with E-state index in [4.69, 9.17) is 5.11 Å². The molecule has 82 valence electrons. The molecule has 0 saturated heterocycles. The van der Waals surface area contributed by atoms with Crippen molar-refractivity contribution in [3.8, 4) is 0 Å². The van der Waals surface area contributed by atoms with Gasteiger partial charge in [0.2, 0.25) is 0 Å². The lowest BCUT2D eigenvalue weighted by atomic mass is 10.3. The molecule has 0 spiro atoms. The Morgan fingerprint density at radius 2 is 2.40 bits per heavy atom. The number of nitrogens with one attached hydrogen (secondary N) is 1. The summed E-state index contributed by atoms with van der Waals surface area (Å²) in [5, 5.41) is 8.61. The highest BCUT2D eigenvalue weighted by atomic mass is 32.2. The summed E-state index contributed by atoms with van der Waals surface area (Å²) >= 11 is 1.06. The van der Waals surface area contributed by atoms with Gasteiger partial charge in [0.25, 0.3) is 5.56 Å². The van der Waals surface area contributed by atoms with Gasteiger partial charge in [0.15, 0.2) is 5.16 Å². The minimum Gasteiger partial charge on any atom is -0.480 e. The van der Waals surface area contributed by atoms with Gasteiger partial charge < -0.3 is 10.1 Å². The fraction of sp³-hybridized carbons (Fsp3) is 0.444. The Morgan fingerprint density at radius 1 is 1.73 bits per heavy atom. The number of aromatic amines is 1. The van der Waals surface area contributed by atoms with E-state index < -0.39 is 11.2 Å². The number of carboxylic acid groups (broad SMARTS) is 1. The Kier molecular flexibility index (Phi) is 3.90. The van der Waals surface area contributed by atoms with E-state index in [1.54, 1.807) is 13.8 Å². The van der Waals surface area contributed by atoms with Crippen LogP contribution >= 0.6 is 11.8 Å². The van der Waals surface area contributed by atoms with Gasteiger partial charge in [0.1, 0.15) is 5.25 Å². The van der Waals surface area contributed by atoms with E-state index in [0.29, 0.717) is 17.3 Å². The van der Waals surface area contributed by atoms with Crippen molar-refractivity contribution in [1.29, 1.82) is 0 Å². The number of hydrogen-bond acceptors (Lipinski definition) is 4. The second-order valence-corrected chi connectivity index (χ2v) is 4.24. The molecule has 0 saturated carbocycles. The maximum Gasteiger partial charge on any atom is 0.317 e. The van der Waals surface area contributed by atoms with E-state index in [0.717, 1.165) is 11.8 Å². The molecular weight excluding hydrogens is 216 g/mol. The summed E-state index contributed by atoms with van der Waals surface area (Å²) < 4.78 is 0. The Hall–Kier alpha value is -1.30. The fourth-order valence-corrected chi connectivity index (χ4v) is 1.94. The Balaban J connectivity index is 2.88. The van der Waals surface area contributed by atoms with Gasteiger partial charge in [-0.15, -0.1) is 0 Å². The van der Waals surface area contributed by atoms with Crippen LogP contribution in [0.25, 0.3) is 0 Å². The van der Waals surface area contributed by atoms with Gasteiger partial charge in [-0.25, -0.2) is 4.98 Å². The molecule has 0 aromatic carbocycles. The number of aryl methyl sites for hydroxylation is 1. The van der Waals surface area contributed by atoms with Crippen LogP contribution in [0.3, 0.4) is 0 Å². The molecule has 0 aliphatic heterocycles. The molecule has 1 aromatic rings. The molecule has 1 heterocycles. The van der Waals surface area contributed by atoms with Gasteiger partial charge in [-0.2, -0.15) is 0 Å². The molecule has 0 amide bonds. The van der Waals surface area contributed by atoms with Crippen molar-refractivity contribution in [2.45, 2.75) is 30.7 Å². The quantitative estimate of drug-likeness (QED) is 0.594. The zero-order chi connectivity index (χ0) is 11.4. The first-order chi connectivity index (χ1) is 7.02. The van der Waals surface area contributed by atoms with Gasteiger partial charge in [0.05, 0.1) is 0 Å². The van der Waals surface area contributed by atoms with Crippen molar-refractivity contribution in [3.05, 3.63) is 22.1 Å². The minimum atomic E-state index is -0.897. The largest absolute Gasteiger partial charge is 0.480 e. The Labute approximate surface area is 90.9 Å². The number of H-pyrrole nitrogens is 1. The van der Waals surface area contributed by atoms with Crippen molar-refractivity contribution in [1.82, 2.24) is 9.97 Å². The van der Waals surface area contributed by atoms with E-state index in [1.165, 1.54) is 6.07 Å². The molecule has 0 unspecified atom stereocenters. The molecule has 0 radical (unpaired) electrons. The van der Waals surface area contributed by atoms with E-state index >= 15 is 0 Å². The molecule has 0 aliphatic rings. The van der Waals surface area contributed by atoms with Crippen LogP contribution in [0, 0.1) is 6.92 Å². The standard InChI is InChI=1S/C9H12N2O3S/c1-3-6(8(13)14)15-9-10-5(2)4-7(12)11-9/h4,6H,3H2,1-2H3,(H,13,14)(H,10,11,12)/t6-/m1/s1. The number of nitrogens with zero attached hydrogens (tertiary/aromatic N) is 1. The summed E-state index contributed by atoms with van der Waals surface area (Å²) in [7, 11) is 0. The van der Waals surface area contributed by atoms with Crippen LogP contribution in [-0.2, 0) is 4.79 Å². The van der Waals surface area contributed by atoms with Gasteiger partial charge >= 0.3 is 5.97 Å². The molecule has 15 heavy (non-hydrogen) atoms. The van der Waals surface area contributed by atoms with Crippen LogP contribution in [0.15, 0.2) is 16.0 Å². The van der Waals surface area contributed by atoms with Gasteiger partial charge in [-0.05, 0) is 13.3 Å². The predicted octanol–water partition coefficient (Wildman–Crippen LogP) is 1.03. The lowest BCUT2D eigenvalue weighted by Gasteiger charge is -2.07. The summed E-state index contributed by atoms with van der Waals surface area (Å²) in [5.41, 5.74) is 0.326. The van der Waals surface area contributed by atoms with Crippen molar-refractivity contribution in [3.63, 3.8) is 0 Å². The number of thioether (sulfide) groups is 1. The average molecular weight is 228 g/mol. The van der Waals surface area contributed by atoms with E-state index in [1.807, 2.05) is 0 Å². The molecule has 5 nitrogen and oxygen atoms in total. The van der Waals surface area contributed by atoms with Gasteiger partial charge in [-0.3, -0.25) is 9.59 Å². The van der Waals surface area contributed by atoms with Crippen LogP contribution in [0.2, 0.25) is 0 Å². The van der Waals surface area contributed by atoms with Crippen molar-refractivity contribution in [2.75, 3.05) is 0 Å². The van der Waals surface area contributed by atoms with Crippen molar-refractivity contribution in [2.24, 2.45) is 0 Å². The average Bonchev–Trinajstić information content (AvgIpc) is 2.12. The van der Waals surface area contributed by atoms with Crippen LogP contribution in [-0.4, -0.2) is 26.3 Å². The molecule has 0 bridgehead atoms. The molecule has 0 fully saturated rings. The third kappa shape index (κ3) is 3.39. The van der Waals surface area contributed by atoms with Crippen molar-refractivity contribution >= 4 is 17.7 Å². The maximum atomic E-state index is 11.1. The summed E-state index contributed by atoms with van der Waals surface area (Å²) in [6.45, 7) is 3.47. The number of hydrogen-bond donors (Lipinski definition) is 2. The topological polar surface area (TPSA) is 83.0 Å². The maximum absolute atomic E-state index is 11.1. The third-order valence-electron chi connectivity index (χ3n) is 1.75. The van der Waals surface area contributed by atoms with E-state index in [2.05, 4.69) is 9.97 Å². The summed E-state index contributed by atoms with van der Waals surface area (Å²) in [6, 6.07) is 1.37. The van der Waals surface area contributed by atoms with Gasteiger partial charge in [-0.1, -0.05) is 18.7 Å². The molecule has 2 N–H and O–H groups in total. The second-order valence-electron chi connectivity index (χ2n) is 3.04. The summed E-state index contributed by atoms with van der Waals surface area (Å²) in [6.07, 6.45) is 0.484. The zero-order valence-corrected chi connectivity index (χ0v) is 9.30. The zero-order valence-electron chi connectivity index (χ0n) is 8.48. The number of carboxylic acids is 1. The molecule has 0 aliphatic carbocycles. The Morgan fingerprint density at radius 3 is 2.87 bits per heavy atom. The Bertz CT molecular complexity index is 416. The second kappa shape index (κ2) is 4.97. The monoisotopic (exact) mass is 228 g/mol. The first-order valence-corrected chi connectivity index (χ1v) is 5.38. The SMILES string of the molecule is CC[C@@H](Sc1nc(C)cc(=O)[nH]1)C(=O)O. The number of aromatic nitrogens is 2. The summed E-state index contributed by atoms with van der Waals surface area (Å²) in [4.78, 5) is 28.4. The molecule has 6 heteroatoms. The van der Waals surface area contributed by atoms with Crippen LogP contribution in [0.5, 0.6) is 0 Å². The highest BCUT2D eigenvalue weighted by molar-refractivity contribution is 8.00. The van der Waals surface area contributed by atoms with Crippen molar-refractivity contribution < 1.29 is 9.90 Å². The van der Waals surface area contributed by atoms with Crippen LogP contribution in [0.4, 0.5) is 0 Å². The van der Waals surface area contributed by atoms with Crippen LogP contribution in [0.1, 0.15) is 19.0 Å². The lowest BCUT2D eigenvalue weighted by Crippen LogP contribution is -2.17. The highest BCUT2D eigenvalue weighted by Gasteiger charge is 2.17. The first-order valence-electron chi connectivity index (χ1n) is 4.50. The van der Waals surface area contributed by atoms with Gasteiger partial charge in [0, 0.05) is 11.8 Å². The molecule has 1 aromatic heterocycles. The lowest BCUT2D eigenvalue weighted by molar-refractivity contribution is -0.136. The third-order valence-corrected chi connectivity index (χ3v) is 2.98. The molecule has 1 atom stereocenters. The fourth-order valence-electron chi connectivity index (χ4n) is 1.05. The van der Waals surface area contributed by atoms with E-state index in [-0.39, 0.29) is 5.56 Å². The number of aliphatic carboxylic acids is 1. The highest BCUT2D eigenvalue weighted by Crippen LogP contribution is 2.21. The molecule has 1 rings (SSSR count). The number of carbonyl (C=O) groups is 1. The first kappa shape index (κ1) is 11.8. The normalized spacial score (nSPS) is 12.4. The smallest absolute Gasteiger partial charge is 0.317 e. The van der Waals surface area contributed by atoms with Crippen LogP contribution < -0.4 is 5.56 Å². The predicted molar refractivity (Wildman–Crippen MR) is 57.2 cm³/mol. The number of rotatable bonds is 4. The minimum absolute atomic E-state index is 0.259.